The molecule has 0 radical (unpaired) electrons. The van der Waals surface area contributed by atoms with Gasteiger partial charge in [0.15, 0.2) is 0 Å². The van der Waals surface area contributed by atoms with E-state index in [9.17, 15) is 9.59 Å². The zero-order chi connectivity index (χ0) is 21.0. The molecule has 2 aromatic carbocycles. The molecular weight excluding hydrogens is 366 g/mol. The highest BCUT2D eigenvalue weighted by Crippen LogP contribution is 2.24. The molecule has 0 bridgehead atoms. The molecule has 6 heteroatoms. The molecule has 1 heterocycles. The van der Waals surface area contributed by atoms with Gasteiger partial charge in [-0.2, -0.15) is 5.10 Å². The van der Waals surface area contributed by atoms with Crippen LogP contribution in [0.25, 0.3) is 10.8 Å². The molecule has 0 spiro atoms. The fourth-order valence-corrected chi connectivity index (χ4v) is 3.52. The Hall–Kier alpha value is -3.15. The van der Waals surface area contributed by atoms with E-state index in [1.165, 1.54) is 0 Å². The fraction of sp³-hybridized carbons (Fsp3) is 0.348. The first-order chi connectivity index (χ1) is 13.9. The Morgan fingerprint density at radius 2 is 1.83 bits per heavy atom. The molecule has 0 saturated carbocycles. The zero-order valence-electron chi connectivity index (χ0n) is 17.3. The normalized spacial score (nSPS) is 12.2. The van der Waals surface area contributed by atoms with Gasteiger partial charge in [0.05, 0.1) is 24.1 Å². The number of amides is 1. The number of rotatable bonds is 7. The van der Waals surface area contributed by atoms with Crippen molar-refractivity contribution in [2.24, 2.45) is 5.92 Å². The van der Waals surface area contributed by atoms with E-state index in [0.717, 1.165) is 11.3 Å². The smallest absolute Gasteiger partial charge is 0.272 e. The monoisotopic (exact) mass is 393 g/mol. The fourth-order valence-electron chi connectivity index (χ4n) is 3.52. The lowest BCUT2D eigenvalue weighted by Gasteiger charge is -2.28. The lowest BCUT2D eigenvalue weighted by atomic mass is 9.99. The summed E-state index contributed by atoms with van der Waals surface area (Å²) in [5, 5.41) is 8.00. The Kier molecular flexibility index (Phi) is 6.32. The number of nitrogens with one attached hydrogen (secondary N) is 1. The number of hydrogen-bond acceptors (Lipinski definition) is 4. The van der Waals surface area contributed by atoms with Crippen molar-refractivity contribution in [3.8, 4) is 5.75 Å². The van der Waals surface area contributed by atoms with Gasteiger partial charge in [0.25, 0.3) is 5.56 Å². The number of fused-ring (bicyclic) bond motifs is 1. The quantitative estimate of drug-likeness (QED) is 0.664. The van der Waals surface area contributed by atoms with Gasteiger partial charge in [-0.05, 0) is 36.6 Å². The molecule has 0 saturated heterocycles. The number of aromatic amines is 1. The van der Waals surface area contributed by atoms with Gasteiger partial charge in [-0.3, -0.25) is 9.59 Å². The number of aromatic nitrogens is 2. The van der Waals surface area contributed by atoms with E-state index < -0.39 is 5.92 Å². The third-order valence-corrected chi connectivity index (χ3v) is 4.91. The summed E-state index contributed by atoms with van der Waals surface area (Å²) < 4.78 is 5.31. The lowest BCUT2D eigenvalue weighted by molar-refractivity contribution is -0.133. The van der Waals surface area contributed by atoms with Crippen LogP contribution in [0.15, 0.2) is 53.3 Å². The second-order valence-electron chi connectivity index (χ2n) is 7.67. The first-order valence-electron chi connectivity index (χ1n) is 9.79. The molecular formula is C23H27N3O3. The van der Waals surface area contributed by atoms with Gasteiger partial charge in [-0.15, -0.1) is 0 Å². The predicted octanol–water partition coefficient (Wildman–Crippen LogP) is 3.72. The van der Waals surface area contributed by atoms with Crippen LogP contribution in [0.4, 0.5) is 0 Å². The van der Waals surface area contributed by atoms with E-state index in [1.54, 1.807) is 13.2 Å². The summed E-state index contributed by atoms with van der Waals surface area (Å²) in [5.41, 5.74) is 1.34. The predicted molar refractivity (Wildman–Crippen MR) is 114 cm³/mol. The van der Waals surface area contributed by atoms with E-state index in [2.05, 4.69) is 24.0 Å². The Morgan fingerprint density at radius 3 is 2.52 bits per heavy atom. The lowest BCUT2D eigenvalue weighted by Crippen LogP contribution is -2.37. The van der Waals surface area contributed by atoms with Gasteiger partial charge in [0.1, 0.15) is 5.75 Å². The molecule has 3 aromatic rings. The minimum Gasteiger partial charge on any atom is -0.497 e. The van der Waals surface area contributed by atoms with E-state index in [1.807, 2.05) is 54.3 Å². The molecule has 0 aliphatic rings. The summed E-state index contributed by atoms with van der Waals surface area (Å²) in [5.74, 6) is 0.574. The Balaban J connectivity index is 1.93. The number of carbonyl (C=O) groups is 1. The maximum absolute atomic E-state index is 13.4. The van der Waals surface area contributed by atoms with Crippen molar-refractivity contribution >= 4 is 16.7 Å². The SMILES string of the molecule is COc1cccc(CN(CC(C)C)C(=O)[C@H](C)c2n[nH]c(=O)c3ccccc23)c1. The summed E-state index contributed by atoms with van der Waals surface area (Å²) in [4.78, 5) is 27.4. The molecule has 1 aromatic heterocycles. The number of ether oxygens (including phenoxy) is 1. The van der Waals surface area contributed by atoms with Crippen LogP contribution in [0.1, 0.15) is 37.9 Å². The second kappa shape index (κ2) is 8.90. The summed E-state index contributed by atoms with van der Waals surface area (Å²) >= 11 is 0. The summed E-state index contributed by atoms with van der Waals surface area (Å²) in [6.07, 6.45) is 0. The van der Waals surface area contributed by atoms with Crippen LogP contribution in [-0.2, 0) is 11.3 Å². The summed E-state index contributed by atoms with van der Waals surface area (Å²) in [7, 11) is 1.63. The van der Waals surface area contributed by atoms with Crippen LogP contribution in [0.3, 0.4) is 0 Å². The van der Waals surface area contributed by atoms with Crippen molar-refractivity contribution < 1.29 is 9.53 Å². The van der Waals surface area contributed by atoms with Crippen molar-refractivity contribution in [1.82, 2.24) is 15.1 Å². The highest BCUT2D eigenvalue weighted by Gasteiger charge is 2.26. The molecule has 6 nitrogen and oxygen atoms in total. The van der Waals surface area contributed by atoms with E-state index in [-0.39, 0.29) is 11.5 Å². The number of carbonyl (C=O) groups excluding carboxylic acids is 1. The third kappa shape index (κ3) is 4.65. The van der Waals surface area contributed by atoms with Gasteiger partial charge >= 0.3 is 0 Å². The van der Waals surface area contributed by atoms with Gasteiger partial charge in [0.2, 0.25) is 5.91 Å². The molecule has 0 aliphatic carbocycles. The van der Waals surface area contributed by atoms with Crippen molar-refractivity contribution in [1.29, 1.82) is 0 Å². The van der Waals surface area contributed by atoms with Crippen LogP contribution in [0.2, 0.25) is 0 Å². The molecule has 29 heavy (non-hydrogen) atoms. The molecule has 0 unspecified atom stereocenters. The Bertz CT molecular complexity index is 1060. The van der Waals surface area contributed by atoms with Crippen LogP contribution < -0.4 is 10.3 Å². The number of nitrogens with zero attached hydrogens (tertiary/aromatic N) is 2. The minimum absolute atomic E-state index is 0.0220. The highest BCUT2D eigenvalue weighted by atomic mass is 16.5. The van der Waals surface area contributed by atoms with Crippen molar-refractivity contribution in [2.75, 3.05) is 13.7 Å². The van der Waals surface area contributed by atoms with Gasteiger partial charge in [-0.1, -0.05) is 44.2 Å². The molecule has 3 rings (SSSR count). The molecule has 1 amide bonds. The molecule has 1 N–H and O–H groups in total. The Labute approximate surface area is 170 Å². The molecule has 152 valence electrons. The second-order valence-corrected chi connectivity index (χ2v) is 7.67. The molecule has 0 aliphatic heterocycles. The van der Waals surface area contributed by atoms with Gasteiger partial charge < -0.3 is 9.64 Å². The Morgan fingerprint density at radius 1 is 1.10 bits per heavy atom. The first kappa shape index (κ1) is 20.6. The maximum atomic E-state index is 13.4. The van der Waals surface area contributed by atoms with Gasteiger partial charge in [-0.25, -0.2) is 5.10 Å². The van der Waals surface area contributed by atoms with E-state index in [4.69, 9.17) is 4.74 Å². The molecule has 0 fully saturated rings. The van der Waals surface area contributed by atoms with Crippen LogP contribution in [0.5, 0.6) is 5.75 Å². The first-order valence-corrected chi connectivity index (χ1v) is 9.79. The number of benzene rings is 2. The standard InChI is InChI=1S/C23H27N3O3/c1-15(2)13-26(14-17-8-7-9-18(12-17)29-4)23(28)16(3)21-19-10-5-6-11-20(19)22(27)25-24-21/h5-12,15-16H,13-14H2,1-4H3,(H,25,27)/t16-/m1/s1. The van der Waals surface area contributed by atoms with Crippen molar-refractivity contribution in [2.45, 2.75) is 33.2 Å². The van der Waals surface area contributed by atoms with Gasteiger partial charge in [0, 0.05) is 18.5 Å². The van der Waals surface area contributed by atoms with Crippen LogP contribution in [0, 0.1) is 5.92 Å². The maximum Gasteiger partial charge on any atom is 0.272 e. The minimum atomic E-state index is -0.485. The van der Waals surface area contributed by atoms with Crippen molar-refractivity contribution in [3.05, 3.63) is 70.1 Å². The highest BCUT2D eigenvalue weighted by molar-refractivity contribution is 5.91. The van der Waals surface area contributed by atoms with Crippen molar-refractivity contribution in [3.63, 3.8) is 0 Å². The van der Waals surface area contributed by atoms with E-state index in [0.29, 0.717) is 35.5 Å². The molecule has 1 atom stereocenters. The van der Waals surface area contributed by atoms with E-state index >= 15 is 0 Å². The van der Waals surface area contributed by atoms with Crippen LogP contribution in [-0.4, -0.2) is 34.7 Å². The topological polar surface area (TPSA) is 75.3 Å². The average molecular weight is 393 g/mol. The summed E-state index contributed by atoms with van der Waals surface area (Å²) in [6.45, 7) is 7.13. The zero-order valence-corrected chi connectivity index (χ0v) is 17.3. The number of H-pyrrole nitrogens is 1. The largest absolute Gasteiger partial charge is 0.497 e. The third-order valence-electron chi connectivity index (χ3n) is 4.91. The summed E-state index contributed by atoms with van der Waals surface area (Å²) in [6, 6.07) is 15.0. The number of methoxy groups -OCH3 is 1. The number of hydrogen-bond donors (Lipinski definition) is 1. The average Bonchev–Trinajstić information content (AvgIpc) is 2.72. The van der Waals surface area contributed by atoms with Crippen LogP contribution >= 0.6 is 0 Å².